The second-order valence-corrected chi connectivity index (χ2v) is 7.39. The number of aromatic nitrogens is 2. The molecular weight excluding hydrogens is 266 g/mol. The van der Waals surface area contributed by atoms with E-state index in [4.69, 9.17) is 0 Å². The molecule has 2 rings (SSSR count). The number of hydrogen-bond acceptors (Lipinski definition) is 4. The molecule has 2 atom stereocenters. The molecule has 1 aliphatic rings. The largest absolute Gasteiger partial charge is 0.337 e. The lowest BCUT2D eigenvalue weighted by Crippen LogP contribution is -2.45. The highest BCUT2D eigenvalue weighted by Gasteiger charge is 2.35. The third-order valence-corrected chi connectivity index (χ3v) is 5.09. The maximum Gasteiger partial charge on any atom is 0.240 e. The van der Waals surface area contributed by atoms with Gasteiger partial charge in [-0.1, -0.05) is 0 Å². The lowest BCUT2D eigenvalue weighted by molar-refractivity contribution is -0.131. The molecular formula is C12H19N3O3S. The Bertz CT molecular complexity index is 539. The van der Waals surface area contributed by atoms with Crippen molar-refractivity contribution >= 4 is 15.7 Å². The van der Waals surface area contributed by atoms with Gasteiger partial charge in [0.1, 0.15) is 5.25 Å². The van der Waals surface area contributed by atoms with Crippen molar-refractivity contribution in [3.05, 3.63) is 18.5 Å². The number of likely N-dealkylation sites (tertiary alicyclic amines) is 1. The maximum atomic E-state index is 12.2. The summed E-state index contributed by atoms with van der Waals surface area (Å²) in [7, 11) is -3.34. The average Bonchev–Trinajstić information content (AvgIpc) is 2.98. The topological polar surface area (TPSA) is 72.3 Å². The van der Waals surface area contributed by atoms with Gasteiger partial charge in [-0.15, -0.1) is 0 Å². The molecule has 2 unspecified atom stereocenters. The van der Waals surface area contributed by atoms with E-state index in [2.05, 4.69) is 5.10 Å². The number of amides is 1. The van der Waals surface area contributed by atoms with Crippen LogP contribution in [0, 0.1) is 0 Å². The van der Waals surface area contributed by atoms with Crippen molar-refractivity contribution in [3.63, 3.8) is 0 Å². The van der Waals surface area contributed by atoms with E-state index in [-0.39, 0.29) is 11.9 Å². The van der Waals surface area contributed by atoms with Crippen molar-refractivity contribution in [2.45, 2.75) is 37.6 Å². The molecule has 0 bridgehead atoms. The van der Waals surface area contributed by atoms with Crippen LogP contribution in [0.2, 0.25) is 0 Å². The molecule has 0 aliphatic carbocycles. The van der Waals surface area contributed by atoms with E-state index in [1.807, 2.05) is 12.3 Å². The monoisotopic (exact) mass is 285 g/mol. The second-order valence-electron chi connectivity index (χ2n) is 5.03. The van der Waals surface area contributed by atoms with Gasteiger partial charge in [0.2, 0.25) is 5.91 Å². The zero-order valence-corrected chi connectivity index (χ0v) is 12.0. The highest BCUT2D eigenvalue weighted by atomic mass is 32.2. The van der Waals surface area contributed by atoms with E-state index >= 15 is 0 Å². The van der Waals surface area contributed by atoms with Crippen molar-refractivity contribution in [1.82, 2.24) is 14.7 Å². The van der Waals surface area contributed by atoms with Crippen LogP contribution in [0.4, 0.5) is 0 Å². The number of rotatable bonds is 4. The Balaban J connectivity index is 2.08. The molecule has 1 aromatic heterocycles. The van der Waals surface area contributed by atoms with Crippen LogP contribution < -0.4 is 0 Å². The molecule has 0 spiro atoms. The first kappa shape index (κ1) is 14.0. The molecule has 19 heavy (non-hydrogen) atoms. The summed E-state index contributed by atoms with van der Waals surface area (Å²) in [6.45, 7) is 2.71. The van der Waals surface area contributed by atoms with Gasteiger partial charge >= 0.3 is 0 Å². The first-order chi connectivity index (χ1) is 8.89. The molecule has 106 valence electrons. The molecule has 0 aromatic carbocycles. The summed E-state index contributed by atoms with van der Waals surface area (Å²) in [4.78, 5) is 13.9. The van der Waals surface area contributed by atoms with Crippen LogP contribution in [0.5, 0.6) is 0 Å². The highest BCUT2D eigenvalue weighted by Crippen LogP contribution is 2.21. The van der Waals surface area contributed by atoms with Gasteiger partial charge in [-0.25, -0.2) is 8.42 Å². The molecule has 0 N–H and O–H groups in total. The van der Waals surface area contributed by atoms with Crippen molar-refractivity contribution in [1.29, 1.82) is 0 Å². The fourth-order valence-electron chi connectivity index (χ4n) is 2.36. The van der Waals surface area contributed by atoms with Gasteiger partial charge in [0.25, 0.3) is 0 Å². The fourth-order valence-corrected chi connectivity index (χ4v) is 2.86. The van der Waals surface area contributed by atoms with Crippen LogP contribution in [0.3, 0.4) is 0 Å². The lowest BCUT2D eigenvalue weighted by Gasteiger charge is -2.26. The summed E-state index contributed by atoms with van der Waals surface area (Å²) in [5.74, 6) is -0.294. The summed E-state index contributed by atoms with van der Waals surface area (Å²) in [6, 6.07) is 1.87. The van der Waals surface area contributed by atoms with E-state index in [0.29, 0.717) is 13.1 Å². The van der Waals surface area contributed by atoms with Crippen LogP contribution in [0.1, 0.15) is 19.8 Å². The number of sulfone groups is 1. The predicted molar refractivity (Wildman–Crippen MR) is 71.3 cm³/mol. The summed E-state index contributed by atoms with van der Waals surface area (Å²) in [6.07, 6.45) is 6.45. The Morgan fingerprint density at radius 1 is 1.53 bits per heavy atom. The lowest BCUT2D eigenvalue weighted by atomic mass is 10.2. The summed E-state index contributed by atoms with van der Waals surface area (Å²) in [5.41, 5.74) is 0. The van der Waals surface area contributed by atoms with Crippen molar-refractivity contribution < 1.29 is 13.2 Å². The average molecular weight is 285 g/mol. The van der Waals surface area contributed by atoms with Crippen LogP contribution in [-0.4, -0.2) is 53.1 Å². The summed E-state index contributed by atoms with van der Waals surface area (Å²) >= 11 is 0. The predicted octanol–water partition coefficient (Wildman–Crippen LogP) is 0.307. The smallest absolute Gasteiger partial charge is 0.240 e. The molecule has 6 nitrogen and oxygen atoms in total. The van der Waals surface area contributed by atoms with Crippen molar-refractivity contribution in [2.75, 3.05) is 12.8 Å². The van der Waals surface area contributed by atoms with Crippen molar-refractivity contribution in [2.24, 2.45) is 0 Å². The van der Waals surface area contributed by atoms with E-state index in [1.165, 1.54) is 6.92 Å². The van der Waals surface area contributed by atoms with Crippen LogP contribution in [0.15, 0.2) is 18.5 Å². The number of hydrogen-bond donors (Lipinski definition) is 0. The number of nitrogens with zero attached hydrogens (tertiary/aromatic N) is 3. The molecule has 0 saturated carbocycles. The number of carbonyl (C=O) groups excluding carboxylic acids is 1. The van der Waals surface area contributed by atoms with Gasteiger partial charge < -0.3 is 4.90 Å². The normalized spacial score (nSPS) is 21.6. The standard InChI is InChI=1S/C12H19N3O3S/c1-10(19(2,17)18)12(16)15-8-3-5-11(15)9-14-7-4-6-13-14/h4,6-7,10-11H,3,5,8-9H2,1-2H3. The molecule has 7 heteroatoms. The third-order valence-electron chi connectivity index (χ3n) is 3.61. The van der Waals surface area contributed by atoms with Crippen LogP contribution in [-0.2, 0) is 21.2 Å². The molecule has 1 aromatic rings. The molecule has 1 aliphatic heterocycles. The van der Waals surface area contributed by atoms with Crippen molar-refractivity contribution in [3.8, 4) is 0 Å². The highest BCUT2D eigenvalue weighted by molar-refractivity contribution is 7.92. The molecule has 0 radical (unpaired) electrons. The van der Waals surface area contributed by atoms with E-state index in [1.54, 1.807) is 15.8 Å². The Kier molecular flexibility index (Phi) is 3.93. The van der Waals surface area contributed by atoms with Gasteiger partial charge in [-0.05, 0) is 25.8 Å². The van der Waals surface area contributed by atoms with Gasteiger partial charge in [0, 0.05) is 25.2 Å². The van der Waals surface area contributed by atoms with Gasteiger partial charge in [0.15, 0.2) is 9.84 Å². The van der Waals surface area contributed by atoms with Crippen LogP contribution in [0.25, 0.3) is 0 Å². The first-order valence-electron chi connectivity index (χ1n) is 6.36. The summed E-state index contributed by atoms with van der Waals surface area (Å²) < 4.78 is 24.8. The Labute approximate surface area is 113 Å². The quantitative estimate of drug-likeness (QED) is 0.798. The van der Waals surface area contributed by atoms with E-state index in [9.17, 15) is 13.2 Å². The van der Waals surface area contributed by atoms with Gasteiger partial charge in [-0.2, -0.15) is 5.10 Å². The molecule has 2 heterocycles. The Morgan fingerprint density at radius 3 is 2.84 bits per heavy atom. The SMILES string of the molecule is CC(C(=O)N1CCCC1Cn1cccn1)S(C)(=O)=O. The zero-order valence-electron chi connectivity index (χ0n) is 11.2. The molecule has 1 amide bonds. The van der Waals surface area contributed by atoms with Gasteiger partial charge in [-0.3, -0.25) is 9.48 Å². The van der Waals surface area contributed by atoms with Gasteiger partial charge in [0.05, 0.1) is 12.6 Å². The second kappa shape index (κ2) is 5.32. The fraction of sp³-hybridized carbons (Fsp3) is 0.667. The van der Waals surface area contributed by atoms with E-state index < -0.39 is 15.1 Å². The van der Waals surface area contributed by atoms with E-state index in [0.717, 1.165) is 19.1 Å². The zero-order chi connectivity index (χ0) is 14.0. The Morgan fingerprint density at radius 2 is 2.26 bits per heavy atom. The Hall–Kier alpha value is -1.37. The first-order valence-corrected chi connectivity index (χ1v) is 8.32. The number of carbonyl (C=O) groups is 1. The maximum absolute atomic E-state index is 12.2. The molecule has 1 fully saturated rings. The minimum absolute atomic E-state index is 0.0385. The summed E-state index contributed by atoms with van der Waals surface area (Å²) in [5, 5.41) is 3.16. The minimum Gasteiger partial charge on any atom is -0.337 e. The third kappa shape index (κ3) is 3.15. The molecule has 1 saturated heterocycles. The van der Waals surface area contributed by atoms with Crippen LogP contribution >= 0.6 is 0 Å². The minimum atomic E-state index is -3.34.